The molecule has 0 spiro atoms. The maximum atomic E-state index is 12.4. The third-order valence-corrected chi connectivity index (χ3v) is 5.78. The summed E-state index contributed by atoms with van der Waals surface area (Å²) >= 11 is 2.33. The van der Waals surface area contributed by atoms with Gasteiger partial charge in [-0.05, 0) is 5.57 Å². The van der Waals surface area contributed by atoms with Crippen LogP contribution in [0.2, 0.25) is 0 Å². The molecule has 0 radical (unpaired) electrons. The van der Waals surface area contributed by atoms with Crippen molar-refractivity contribution in [3.05, 3.63) is 35.0 Å². The Balaban J connectivity index is 0.00000261. The molecule has 13 heteroatoms. The summed E-state index contributed by atoms with van der Waals surface area (Å²) in [6.45, 7) is 3.53. The quantitative estimate of drug-likeness (QED) is 0.150. The molecule has 2 atom stereocenters. The number of carbonyl (C=O) groups excluding carboxylic acids is 3. The average molecular weight is 527 g/mol. The summed E-state index contributed by atoms with van der Waals surface area (Å²) < 4.78 is 0. The summed E-state index contributed by atoms with van der Waals surface area (Å²) in [5, 5.41) is 26.8. The van der Waals surface area contributed by atoms with Gasteiger partial charge in [0.25, 0.3) is 11.8 Å². The number of nitrogens with two attached hydrogens (primary N) is 1. The van der Waals surface area contributed by atoms with Crippen LogP contribution >= 0.6 is 23.1 Å². The number of hydrogen-bond donors (Lipinski definition) is 3. The fourth-order valence-electron chi connectivity index (χ4n) is 2.61. The van der Waals surface area contributed by atoms with E-state index in [1.807, 2.05) is 0 Å². The molecule has 0 saturated carbocycles. The molecule has 136 valence electrons. The van der Waals surface area contributed by atoms with Crippen molar-refractivity contribution >= 4 is 51.7 Å². The van der Waals surface area contributed by atoms with E-state index in [0.717, 1.165) is 16.2 Å². The smallest absolute Gasteiger partial charge is 0.543 e. The van der Waals surface area contributed by atoms with Crippen LogP contribution in [0.25, 0.3) is 0 Å². The zero-order chi connectivity index (χ0) is 19.0. The number of thiazole rings is 1. The molecular formula is C14H12CsN5O5S2. The van der Waals surface area contributed by atoms with Gasteiger partial charge in [-0.15, -0.1) is 23.1 Å². The summed E-state index contributed by atoms with van der Waals surface area (Å²) in [6, 6.07) is -0.971. The van der Waals surface area contributed by atoms with Gasteiger partial charge < -0.3 is 26.2 Å². The predicted octanol–water partition coefficient (Wildman–Crippen LogP) is -4.50. The summed E-state index contributed by atoms with van der Waals surface area (Å²) in [5.74, 6) is -2.62. The number of β-lactam (4-membered cyclic amide) rings is 1. The third kappa shape index (κ3) is 4.14. The fourth-order valence-corrected chi connectivity index (χ4v) is 4.50. The largest absolute Gasteiger partial charge is 1.00 e. The van der Waals surface area contributed by atoms with Crippen molar-refractivity contribution in [1.82, 2.24) is 15.2 Å². The van der Waals surface area contributed by atoms with E-state index in [2.05, 4.69) is 22.0 Å². The van der Waals surface area contributed by atoms with Crippen LogP contribution in [0.3, 0.4) is 0 Å². The van der Waals surface area contributed by atoms with Crippen LogP contribution in [0.4, 0.5) is 5.13 Å². The van der Waals surface area contributed by atoms with Crippen LogP contribution < -0.4 is 85.1 Å². The molecule has 4 N–H and O–H groups in total. The van der Waals surface area contributed by atoms with E-state index in [-0.39, 0.29) is 85.4 Å². The van der Waals surface area contributed by atoms with Crippen LogP contribution in [0.1, 0.15) is 5.69 Å². The van der Waals surface area contributed by atoms with Crippen LogP contribution in [-0.2, 0) is 14.4 Å². The molecule has 3 rings (SSSR count). The van der Waals surface area contributed by atoms with Gasteiger partial charge in [-0.3, -0.25) is 14.5 Å². The zero-order valence-corrected chi connectivity index (χ0v) is 22.0. The van der Waals surface area contributed by atoms with Gasteiger partial charge in [0.15, 0.2) is 10.8 Å². The van der Waals surface area contributed by atoms with Crippen molar-refractivity contribution in [2.45, 2.75) is 11.4 Å². The standard InChI is InChI=1S/C14H13N5O5S2.Cs/c1-2-5-3-25-12-8(11(21)19(12)9(5)13(22)23)17-10(20)7(18-24)6-4-26-14(15)16-6;/h2,4,8,12,24H,1,3H2,(H2,15,16)(H,17,20)(H,22,23);/q;+1/p-1/b18-7-;/t8-,12-;/m1./s1. The maximum absolute atomic E-state index is 12.4. The minimum Gasteiger partial charge on any atom is -0.543 e. The van der Waals surface area contributed by atoms with Crippen LogP contribution in [0, 0.1) is 0 Å². The molecule has 0 unspecified atom stereocenters. The first-order valence-corrected chi connectivity index (χ1v) is 9.07. The fraction of sp³-hybridized carbons (Fsp3) is 0.214. The molecule has 0 bridgehead atoms. The summed E-state index contributed by atoms with van der Waals surface area (Å²) in [7, 11) is 0. The van der Waals surface area contributed by atoms with Gasteiger partial charge in [-0.2, -0.15) is 0 Å². The van der Waals surface area contributed by atoms with E-state index in [9.17, 15) is 19.5 Å². The van der Waals surface area contributed by atoms with E-state index in [4.69, 9.17) is 10.9 Å². The van der Waals surface area contributed by atoms with E-state index in [1.54, 1.807) is 0 Å². The number of rotatable bonds is 5. The summed E-state index contributed by atoms with van der Waals surface area (Å²) in [6.07, 6.45) is 1.36. The van der Waals surface area contributed by atoms with Gasteiger partial charge in [0.2, 0.25) is 0 Å². The van der Waals surface area contributed by atoms with Gasteiger partial charge in [-0.1, -0.05) is 17.8 Å². The maximum Gasteiger partial charge on any atom is 1.00 e. The monoisotopic (exact) mass is 527 g/mol. The average Bonchev–Trinajstić information content (AvgIpc) is 3.04. The zero-order valence-electron chi connectivity index (χ0n) is 14.0. The Bertz CT molecular complexity index is 883. The number of carboxylic acids is 1. The Labute approximate surface area is 220 Å². The Hall–Kier alpha value is -0.808. The Morgan fingerprint density at radius 3 is 2.78 bits per heavy atom. The second-order valence-corrected chi connectivity index (χ2v) is 7.24. The number of fused-ring (bicyclic) bond motifs is 1. The number of anilines is 1. The molecule has 27 heavy (non-hydrogen) atoms. The Kier molecular flexibility index (Phi) is 7.60. The van der Waals surface area contributed by atoms with Crippen molar-refractivity contribution in [2.24, 2.45) is 5.16 Å². The number of thioether (sulfide) groups is 1. The third-order valence-electron chi connectivity index (χ3n) is 3.80. The summed E-state index contributed by atoms with van der Waals surface area (Å²) in [4.78, 5) is 40.9. The van der Waals surface area contributed by atoms with Gasteiger partial charge in [0, 0.05) is 11.1 Å². The van der Waals surface area contributed by atoms with Crippen molar-refractivity contribution in [2.75, 3.05) is 11.5 Å². The molecule has 1 fully saturated rings. The van der Waals surface area contributed by atoms with Crippen molar-refractivity contribution in [3.63, 3.8) is 0 Å². The SMILES string of the molecule is C=CC1=C(C(=O)[O-])N2C(=O)[C@@H](NC(=O)/C(=N\O)c3csc(N)n3)[C@H]2SC1.[Cs+]. The minimum atomic E-state index is -1.49. The molecule has 2 aliphatic heterocycles. The Morgan fingerprint density at radius 1 is 1.56 bits per heavy atom. The number of carbonyl (C=O) groups is 3. The van der Waals surface area contributed by atoms with E-state index in [1.165, 1.54) is 23.2 Å². The van der Waals surface area contributed by atoms with Crippen molar-refractivity contribution in [1.29, 1.82) is 0 Å². The normalized spacial score (nSPS) is 21.7. The van der Waals surface area contributed by atoms with Crippen LogP contribution in [-0.4, -0.2) is 55.8 Å². The molecular weight excluding hydrogens is 515 g/mol. The van der Waals surface area contributed by atoms with Gasteiger partial charge in [-0.25, -0.2) is 4.98 Å². The van der Waals surface area contributed by atoms with Gasteiger partial charge in [0.05, 0.1) is 11.7 Å². The molecule has 3 heterocycles. The number of nitrogen functional groups attached to an aromatic ring is 1. The van der Waals surface area contributed by atoms with Gasteiger partial charge in [0.1, 0.15) is 17.1 Å². The molecule has 10 nitrogen and oxygen atoms in total. The van der Waals surface area contributed by atoms with Crippen molar-refractivity contribution in [3.8, 4) is 0 Å². The molecule has 0 aromatic carbocycles. The number of allylic oxidation sites excluding steroid dienone is 1. The second-order valence-electron chi connectivity index (χ2n) is 5.25. The molecule has 1 saturated heterocycles. The van der Waals surface area contributed by atoms with Gasteiger partial charge >= 0.3 is 68.9 Å². The second kappa shape index (κ2) is 9.13. The number of carboxylic acid groups (broad SMARTS) is 1. The molecule has 1 aromatic rings. The number of aromatic nitrogens is 1. The topological polar surface area (TPSA) is 161 Å². The molecule has 2 aliphatic rings. The predicted molar refractivity (Wildman–Crippen MR) is 92.1 cm³/mol. The number of hydrogen-bond acceptors (Lipinski definition) is 10. The number of amides is 2. The van der Waals surface area contributed by atoms with E-state index < -0.39 is 34.9 Å². The molecule has 1 aromatic heterocycles. The number of nitrogens with one attached hydrogen (secondary N) is 1. The van der Waals surface area contributed by atoms with Crippen molar-refractivity contribution < 1.29 is 93.6 Å². The van der Waals surface area contributed by atoms with Crippen LogP contribution in [0.15, 0.2) is 34.5 Å². The molecule has 2 amide bonds. The number of aliphatic carboxylic acids is 1. The first kappa shape index (κ1) is 22.5. The number of oxime groups is 1. The molecule has 0 aliphatic carbocycles. The first-order chi connectivity index (χ1) is 12.4. The summed E-state index contributed by atoms with van der Waals surface area (Å²) in [5.41, 5.74) is 5.29. The Morgan fingerprint density at radius 2 is 2.26 bits per heavy atom. The van der Waals surface area contributed by atoms with E-state index in [0.29, 0.717) is 11.3 Å². The minimum absolute atomic E-state index is 0. The van der Waals surface area contributed by atoms with Crippen LogP contribution in [0.5, 0.6) is 0 Å². The van der Waals surface area contributed by atoms with E-state index >= 15 is 0 Å². The first-order valence-electron chi connectivity index (χ1n) is 7.15. The number of nitrogens with zero attached hydrogens (tertiary/aromatic N) is 3.